The second-order valence-corrected chi connectivity index (χ2v) is 5.94. The summed E-state index contributed by atoms with van der Waals surface area (Å²) in [5.41, 5.74) is 1.62. The van der Waals surface area contributed by atoms with E-state index in [1.165, 1.54) is 0 Å². The van der Waals surface area contributed by atoms with Gasteiger partial charge in [-0.05, 0) is 5.46 Å². The lowest BCUT2D eigenvalue weighted by molar-refractivity contribution is -0.202. The quantitative estimate of drug-likeness (QED) is 0.116. The molecule has 0 saturated carbocycles. The Morgan fingerprint density at radius 3 is 2.44 bits per heavy atom. The summed E-state index contributed by atoms with van der Waals surface area (Å²) in [5.74, 6) is -8.86. The van der Waals surface area contributed by atoms with Crippen LogP contribution in [0, 0.1) is 5.82 Å². The summed E-state index contributed by atoms with van der Waals surface area (Å²) in [5, 5.41) is 30.6. The highest BCUT2D eigenvalue weighted by Gasteiger charge is 2.56. The van der Waals surface area contributed by atoms with Gasteiger partial charge in [-0.3, -0.25) is 19.7 Å². The van der Waals surface area contributed by atoms with Crippen molar-refractivity contribution in [3.63, 3.8) is 0 Å². The number of halogens is 1. The minimum Gasteiger partial charge on any atom is -0.503 e. The van der Waals surface area contributed by atoms with Crippen molar-refractivity contribution in [1.29, 1.82) is 0 Å². The summed E-state index contributed by atoms with van der Waals surface area (Å²) in [6, 6.07) is 0. The number of carbonyl (C=O) groups is 3. The number of hydrogen-bond donors (Lipinski definition) is 5. The Bertz CT molecular complexity index is 861. The first-order valence-corrected chi connectivity index (χ1v) is 6.91. The van der Waals surface area contributed by atoms with Crippen molar-refractivity contribution in [3.8, 4) is 5.75 Å². The van der Waals surface area contributed by atoms with Crippen LogP contribution in [0.1, 0.15) is 22.3 Å². The maximum Gasteiger partial charge on any atom is 0.286 e. The molecule has 3 amide bonds. The second kappa shape index (κ2) is 4.96. The molecule has 1 fully saturated rings. The lowest BCUT2D eigenvalue weighted by Crippen LogP contribution is -2.71. The first-order chi connectivity index (χ1) is 11.4. The number of anilines is 1. The van der Waals surface area contributed by atoms with Gasteiger partial charge in [0.1, 0.15) is 15.7 Å². The highest BCUT2D eigenvalue weighted by Crippen LogP contribution is 2.39. The fraction of sp³-hybridized carbons (Fsp3) is 0.308. The van der Waals surface area contributed by atoms with E-state index in [1.807, 2.05) is 0 Å². The van der Waals surface area contributed by atoms with Gasteiger partial charge in [-0.1, -0.05) is 0 Å². The number of rotatable bonds is 1. The summed E-state index contributed by atoms with van der Waals surface area (Å²) < 4.78 is 13.9. The normalized spacial score (nSPS) is 25.1. The van der Waals surface area contributed by atoms with Crippen LogP contribution in [0.5, 0.6) is 5.75 Å². The maximum absolute atomic E-state index is 13.9. The second-order valence-electron chi connectivity index (χ2n) is 5.94. The monoisotopic (exact) mass is 345 g/mol. The molecule has 25 heavy (non-hydrogen) atoms. The van der Waals surface area contributed by atoms with Crippen LogP contribution in [-0.4, -0.2) is 64.9 Å². The van der Waals surface area contributed by atoms with Crippen molar-refractivity contribution >= 4 is 44.6 Å². The number of aliphatic hydroxyl groups is 2. The standard InChI is InChI=1S/C13H10B2FN3O6/c14-5-4-3(7(17)8(20)6(5)16)1-19(9(4)21)12(15)2-13(24,25)11(23)18-10(12)22/h20,24-25H,1-2,17H2,(H,18,22,23). The van der Waals surface area contributed by atoms with Gasteiger partial charge in [-0.25, -0.2) is 4.39 Å². The zero-order valence-corrected chi connectivity index (χ0v) is 12.5. The molecule has 2 aliphatic rings. The molecule has 4 radical (unpaired) electrons. The highest BCUT2D eigenvalue weighted by atomic mass is 19.1. The smallest absolute Gasteiger partial charge is 0.286 e. The molecule has 0 aliphatic carbocycles. The van der Waals surface area contributed by atoms with Gasteiger partial charge in [0, 0.05) is 24.1 Å². The molecule has 6 N–H and O–H groups in total. The number of benzene rings is 1. The minimum absolute atomic E-state index is 0.0718. The maximum atomic E-state index is 13.9. The average molecular weight is 345 g/mol. The first kappa shape index (κ1) is 17.2. The molecular weight excluding hydrogens is 335 g/mol. The van der Waals surface area contributed by atoms with Crippen molar-refractivity contribution in [2.45, 2.75) is 24.2 Å². The van der Waals surface area contributed by atoms with E-state index >= 15 is 0 Å². The fourth-order valence-electron chi connectivity index (χ4n) is 2.96. The predicted octanol–water partition coefficient (Wildman–Crippen LogP) is -3.54. The first-order valence-electron chi connectivity index (χ1n) is 6.91. The lowest BCUT2D eigenvalue weighted by Gasteiger charge is -2.44. The molecule has 126 valence electrons. The van der Waals surface area contributed by atoms with Crippen molar-refractivity contribution in [3.05, 3.63) is 16.9 Å². The van der Waals surface area contributed by atoms with Crippen LogP contribution in [0.2, 0.25) is 0 Å². The van der Waals surface area contributed by atoms with Crippen LogP contribution in [0.3, 0.4) is 0 Å². The molecule has 1 aromatic carbocycles. The van der Waals surface area contributed by atoms with Gasteiger partial charge in [0.2, 0.25) is 11.7 Å². The number of nitrogens with one attached hydrogen (secondary N) is 1. The number of carbonyl (C=O) groups excluding carboxylic acids is 3. The number of hydrogen-bond acceptors (Lipinski definition) is 7. The topological polar surface area (TPSA) is 153 Å². The summed E-state index contributed by atoms with van der Waals surface area (Å²) in [7, 11) is 11.4. The molecule has 2 aliphatic heterocycles. The largest absolute Gasteiger partial charge is 0.503 e. The number of fused-ring (bicyclic) bond motifs is 1. The molecule has 1 unspecified atom stereocenters. The number of nitrogens with zero attached hydrogens (tertiary/aromatic N) is 1. The number of piperidine rings is 1. The van der Waals surface area contributed by atoms with Gasteiger partial charge in [0.25, 0.3) is 11.8 Å². The van der Waals surface area contributed by atoms with Gasteiger partial charge in [-0.2, -0.15) is 0 Å². The number of phenolic OH excluding ortho intramolecular Hbond substituents is 1. The van der Waals surface area contributed by atoms with Gasteiger partial charge < -0.3 is 26.0 Å². The SMILES string of the molecule is [B]c1c(F)c(O)c(N)c2c1C(=O)N(C1([B])CC(O)(O)C(=O)NC1=O)C2. The Morgan fingerprint density at radius 1 is 1.24 bits per heavy atom. The summed E-state index contributed by atoms with van der Waals surface area (Å²) in [4.78, 5) is 36.8. The Kier molecular flexibility index (Phi) is 3.42. The minimum atomic E-state index is -3.01. The molecule has 9 nitrogen and oxygen atoms in total. The third-order valence-corrected chi connectivity index (χ3v) is 4.35. The Balaban J connectivity index is 2.11. The van der Waals surface area contributed by atoms with E-state index in [1.54, 1.807) is 5.32 Å². The molecule has 1 aromatic rings. The third kappa shape index (κ3) is 2.14. The Morgan fingerprint density at radius 2 is 1.84 bits per heavy atom. The predicted molar refractivity (Wildman–Crippen MR) is 81.2 cm³/mol. The summed E-state index contributed by atoms with van der Waals surface area (Å²) in [6.07, 6.45) is -1.03. The van der Waals surface area contributed by atoms with Crippen LogP contribution in [0.15, 0.2) is 0 Å². The fourth-order valence-corrected chi connectivity index (χ4v) is 2.96. The van der Waals surface area contributed by atoms with Crippen molar-refractivity contribution in [2.75, 3.05) is 5.73 Å². The van der Waals surface area contributed by atoms with Gasteiger partial charge in [0.05, 0.1) is 11.1 Å². The molecule has 0 aromatic heterocycles. The van der Waals surface area contributed by atoms with Crippen LogP contribution >= 0.6 is 0 Å². The number of imide groups is 1. The van der Waals surface area contributed by atoms with Crippen molar-refractivity contribution < 1.29 is 34.1 Å². The molecule has 0 spiro atoms. The van der Waals surface area contributed by atoms with Crippen molar-refractivity contribution in [1.82, 2.24) is 10.2 Å². The number of nitrogens with two attached hydrogens (primary N) is 1. The van der Waals surface area contributed by atoms with Gasteiger partial charge >= 0.3 is 0 Å². The number of nitrogen functional groups attached to an aromatic ring is 1. The average Bonchev–Trinajstić information content (AvgIpc) is 2.87. The van der Waals surface area contributed by atoms with E-state index in [0.717, 1.165) is 0 Å². The molecule has 3 rings (SSSR count). The zero-order valence-electron chi connectivity index (χ0n) is 12.5. The number of aromatic hydroxyl groups is 1. The zero-order chi connectivity index (χ0) is 18.9. The molecule has 1 atom stereocenters. The number of phenols is 1. The van der Waals surface area contributed by atoms with E-state index in [0.29, 0.717) is 4.90 Å². The van der Waals surface area contributed by atoms with E-state index in [-0.39, 0.29) is 5.56 Å². The molecule has 1 saturated heterocycles. The summed E-state index contributed by atoms with van der Waals surface area (Å²) >= 11 is 0. The molecule has 12 heteroatoms. The number of amides is 3. The highest BCUT2D eigenvalue weighted by molar-refractivity contribution is 6.39. The van der Waals surface area contributed by atoms with E-state index in [9.17, 15) is 34.1 Å². The Hall–Kier alpha value is -2.59. The lowest BCUT2D eigenvalue weighted by atomic mass is 9.68. The van der Waals surface area contributed by atoms with Crippen LogP contribution in [0.25, 0.3) is 0 Å². The van der Waals surface area contributed by atoms with Crippen molar-refractivity contribution in [2.24, 2.45) is 0 Å². The van der Waals surface area contributed by atoms with Crippen LogP contribution < -0.4 is 16.5 Å². The van der Waals surface area contributed by atoms with E-state index in [4.69, 9.17) is 21.4 Å². The van der Waals surface area contributed by atoms with E-state index < -0.39 is 70.2 Å². The van der Waals surface area contributed by atoms with Crippen LogP contribution in [0.4, 0.5) is 10.1 Å². The van der Waals surface area contributed by atoms with Gasteiger partial charge in [0.15, 0.2) is 11.6 Å². The molecular formula is C13H10B2FN3O6. The molecule has 0 bridgehead atoms. The van der Waals surface area contributed by atoms with Gasteiger partial charge in [-0.15, -0.1) is 0 Å². The van der Waals surface area contributed by atoms with Crippen LogP contribution in [-0.2, 0) is 16.1 Å². The summed E-state index contributed by atoms with van der Waals surface area (Å²) in [6.45, 7) is -0.466. The van der Waals surface area contributed by atoms with E-state index in [2.05, 4.69) is 0 Å². The molecule has 2 heterocycles. The Labute approximate surface area is 142 Å². The third-order valence-electron chi connectivity index (χ3n) is 4.35.